The molecular weight excluding hydrogens is 486 g/mol. The van der Waals surface area contributed by atoms with Crippen LogP contribution in [0.1, 0.15) is 67.2 Å². The minimum atomic E-state index is -1.47. The second-order valence-corrected chi connectivity index (χ2v) is 12.5. The van der Waals surface area contributed by atoms with Gasteiger partial charge in [0, 0.05) is 17.5 Å². The van der Waals surface area contributed by atoms with Crippen LogP contribution in [0.4, 0.5) is 0 Å². The van der Waals surface area contributed by atoms with Gasteiger partial charge in [0.25, 0.3) is 0 Å². The highest BCUT2D eigenvalue weighted by molar-refractivity contribution is 5.93. The van der Waals surface area contributed by atoms with Crippen molar-refractivity contribution in [3.8, 4) is 23.6 Å². The summed E-state index contributed by atoms with van der Waals surface area (Å²) >= 11 is 0. The Morgan fingerprint density at radius 3 is 2.18 bits per heavy atom. The standard InChI is InChI=1S/C33H33N3O3/c1-38-26-8-7-24(14-27(26)39-2)28-29(31(37)32-15-20-11-21(16-32)13-22(12-20)17-32)36-10-9-23-5-3-4-6-25(23)30(36)33(28,18-34)19-35/h3-10,14,20-22,28-30H,11-13,15-17H2,1-2H3. The zero-order chi connectivity index (χ0) is 26.9. The summed E-state index contributed by atoms with van der Waals surface area (Å²) in [4.78, 5) is 17.2. The fourth-order valence-corrected chi connectivity index (χ4v) is 9.44. The molecule has 0 spiro atoms. The fourth-order valence-electron chi connectivity index (χ4n) is 9.44. The molecule has 6 nitrogen and oxygen atoms in total. The summed E-state index contributed by atoms with van der Waals surface area (Å²) in [5.41, 5.74) is 0.837. The van der Waals surface area contributed by atoms with Crippen LogP contribution in [0.3, 0.4) is 0 Å². The van der Waals surface area contributed by atoms with E-state index in [4.69, 9.17) is 9.47 Å². The van der Waals surface area contributed by atoms with Gasteiger partial charge in [-0.3, -0.25) is 4.79 Å². The lowest BCUT2D eigenvalue weighted by molar-refractivity contribution is -0.148. The van der Waals surface area contributed by atoms with Crippen LogP contribution in [-0.4, -0.2) is 30.9 Å². The van der Waals surface area contributed by atoms with Gasteiger partial charge < -0.3 is 14.4 Å². The molecular formula is C33H33N3O3. The van der Waals surface area contributed by atoms with Crippen LogP contribution in [0.25, 0.3) is 6.08 Å². The van der Waals surface area contributed by atoms with E-state index in [-0.39, 0.29) is 11.2 Å². The van der Waals surface area contributed by atoms with Crippen LogP contribution in [0.15, 0.2) is 48.7 Å². The maximum atomic E-state index is 15.1. The minimum absolute atomic E-state index is 0.225. The molecule has 2 heterocycles. The van der Waals surface area contributed by atoms with Gasteiger partial charge >= 0.3 is 0 Å². The molecule has 3 unspecified atom stereocenters. The number of benzene rings is 2. The number of Topliss-reactive ketones (excluding diaryl/α,β-unsaturated/α-hetero) is 1. The van der Waals surface area contributed by atoms with Crippen molar-refractivity contribution in [1.82, 2.24) is 4.90 Å². The van der Waals surface area contributed by atoms with Crippen molar-refractivity contribution in [2.24, 2.45) is 28.6 Å². The largest absolute Gasteiger partial charge is 0.493 e. The summed E-state index contributed by atoms with van der Waals surface area (Å²) < 4.78 is 11.1. The van der Waals surface area contributed by atoms with Crippen molar-refractivity contribution in [3.63, 3.8) is 0 Å². The first kappa shape index (κ1) is 24.3. The van der Waals surface area contributed by atoms with Crippen LogP contribution in [0, 0.1) is 51.2 Å². The molecule has 6 aliphatic rings. The number of nitriles is 2. The molecule has 4 aliphatic carbocycles. The van der Waals surface area contributed by atoms with Gasteiger partial charge in [-0.1, -0.05) is 30.3 Å². The topological polar surface area (TPSA) is 86.4 Å². The molecule has 198 valence electrons. The number of fused-ring (bicyclic) bond motifs is 3. The molecule has 0 radical (unpaired) electrons. The van der Waals surface area contributed by atoms with E-state index in [0.717, 1.165) is 36.0 Å². The molecule has 0 N–H and O–H groups in total. The van der Waals surface area contributed by atoms with Crippen LogP contribution >= 0.6 is 0 Å². The molecule has 0 amide bonds. The van der Waals surface area contributed by atoms with Gasteiger partial charge in [0.05, 0.1) is 38.4 Å². The Hall–Kier alpha value is -3.77. The molecule has 2 aliphatic heterocycles. The molecule has 3 atom stereocenters. The number of nitrogens with zero attached hydrogens (tertiary/aromatic N) is 3. The molecule has 2 aromatic carbocycles. The summed E-state index contributed by atoms with van der Waals surface area (Å²) in [5.74, 6) is 2.53. The monoisotopic (exact) mass is 519 g/mol. The zero-order valence-corrected chi connectivity index (χ0v) is 22.5. The van der Waals surface area contributed by atoms with E-state index in [2.05, 4.69) is 17.0 Å². The molecule has 39 heavy (non-hydrogen) atoms. The van der Waals surface area contributed by atoms with E-state index >= 15 is 4.79 Å². The number of ketones is 1. The molecule has 1 saturated heterocycles. The third-order valence-corrected chi connectivity index (χ3v) is 10.5. The zero-order valence-electron chi connectivity index (χ0n) is 22.5. The van der Waals surface area contributed by atoms with Gasteiger partial charge in [0.15, 0.2) is 22.7 Å². The Morgan fingerprint density at radius 1 is 0.923 bits per heavy atom. The molecule has 4 bridgehead atoms. The summed E-state index contributed by atoms with van der Waals surface area (Å²) in [6.07, 6.45) is 10.6. The van der Waals surface area contributed by atoms with E-state index in [1.807, 2.05) is 54.7 Å². The predicted molar refractivity (Wildman–Crippen MR) is 145 cm³/mol. The van der Waals surface area contributed by atoms with Crippen molar-refractivity contribution in [1.29, 1.82) is 10.5 Å². The Morgan fingerprint density at radius 2 is 1.56 bits per heavy atom. The highest BCUT2D eigenvalue weighted by Gasteiger charge is 2.67. The fraction of sp³-hybridized carbons (Fsp3) is 0.485. The lowest BCUT2D eigenvalue weighted by atomic mass is 9.47. The number of hydrogen-bond acceptors (Lipinski definition) is 6. The smallest absolute Gasteiger partial charge is 0.177 e. The average molecular weight is 520 g/mol. The summed E-state index contributed by atoms with van der Waals surface area (Å²) in [6, 6.07) is 17.3. The summed E-state index contributed by atoms with van der Waals surface area (Å²) in [7, 11) is 3.17. The van der Waals surface area contributed by atoms with Gasteiger partial charge in [-0.2, -0.15) is 10.5 Å². The summed E-state index contributed by atoms with van der Waals surface area (Å²) in [5, 5.41) is 21.8. The normalized spacial score (nSPS) is 34.5. The molecule has 6 heteroatoms. The van der Waals surface area contributed by atoms with Crippen LogP contribution in [0.5, 0.6) is 11.5 Å². The van der Waals surface area contributed by atoms with Crippen molar-refractivity contribution >= 4 is 11.9 Å². The predicted octanol–water partition coefficient (Wildman–Crippen LogP) is 6.02. The Kier molecular flexibility index (Phi) is 5.37. The van der Waals surface area contributed by atoms with E-state index in [1.165, 1.54) is 19.3 Å². The number of ether oxygens (including phenoxy) is 2. The Balaban J connectivity index is 1.43. The highest BCUT2D eigenvalue weighted by Crippen LogP contribution is 2.65. The first-order chi connectivity index (χ1) is 19.0. The van der Waals surface area contributed by atoms with Crippen molar-refractivity contribution in [2.75, 3.05) is 14.2 Å². The number of rotatable bonds is 5. The first-order valence-electron chi connectivity index (χ1n) is 14.1. The minimum Gasteiger partial charge on any atom is -0.493 e. The molecule has 5 fully saturated rings. The van der Waals surface area contributed by atoms with E-state index in [1.54, 1.807) is 14.2 Å². The molecule has 4 saturated carbocycles. The average Bonchev–Trinajstić information content (AvgIpc) is 3.26. The maximum Gasteiger partial charge on any atom is 0.177 e. The van der Waals surface area contributed by atoms with Crippen LogP contribution < -0.4 is 9.47 Å². The number of carbonyl (C=O) groups is 1. The van der Waals surface area contributed by atoms with Crippen LogP contribution in [-0.2, 0) is 4.79 Å². The van der Waals surface area contributed by atoms with E-state index < -0.39 is 23.4 Å². The Labute approximate surface area is 229 Å². The summed E-state index contributed by atoms with van der Waals surface area (Å²) in [6.45, 7) is 0. The number of carbonyl (C=O) groups excluding carboxylic acids is 1. The van der Waals surface area contributed by atoms with Crippen LogP contribution in [0.2, 0.25) is 0 Å². The van der Waals surface area contributed by atoms with Gasteiger partial charge in [-0.25, -0.2) is 0 Å². The maximum absolute atomic E-state index is 15.1. The quantitative estimate of drug-likeness (QED) is 0.480. The first-order valence-corrected chi connectivity index (χ1v) is 14.1. The third-order valence-electron chi connectivity index (χ3n) is 10.5. The van der Waals surface area contributed by atoms with E-state index in [0.29, 0.717) is 29.3 Å². The van der Waals surface area contributed by atoms with Crippen molar-refractivity contribution in [3.05, 3.63) is 65.4 Å². The SMILES string of the molecule is COc1ccc(C2C(C(=O)C34CC5CC(CC(C5)C3)C4)N3C=Cc4ccccc4C3C2(C#N)C#N)cc1OC. The highest BCUT2D eigenvalue weighted by atomic mass is 16.5. The van der Waals surface area contributed by atoms with Crippen molar-refractivity contribution in [2.45, 2.75) is 56.5 Å². The molecule has 0 aromatic heterocycles. The third kappa shape index (κ3) is 3.27. The second kappa shape index (κ2) is 8.62. The van der Waals surface area contributed by atoms with Gasteiger partial charge in [-0.15, -0.1) is 0 Å². The second-order valence-electron chi connectivity index (χ2n) is 12.5. The Bertz CT molecular complexity index is 1410. The molecule has 2 aromatic rings. The van der Waals surface area contributed by atoms with E-state index in [9.17, 15) is 10.5 Å². The van der Waals surface area contributed by atoms with Gasteiger partial charge in [0.2, 0.25) is 0 Å². The molecule has 8 rings (SSSR count). The van der Waals surface area contributed by atoms with Gasteiger partial charge in [-0.05, 0) is 91.2 Å². The number of methoxy groups -OCH3 is 2. The van der Waals surface area contributed by atoms with Crippen molar-refractivity contribution < 1.29 is 14.3 Å². The van der Waals surface area contributed by atoms with Gasteiger partial charge in [0.1, 0.15) is 0 Å². The lowest BCUT2D eigenvalue weighted by Gasteiger charge is -2.57. The number of hydrogen-bond donors (Lipinski definition) is 0. The lowest BCUT2D eigenvalue weighted by Crippen LogP contribution is -2.55.